The molecule has 2 rings (SSSR count). The molecular weight excluding hydrogens is 298 g/mol. The number of hydrogen-bond acceptors (Lipinski definition) is 2. The van der Waals surface area contributed by atoms with Crippen LogP contribution in [0.3, 0.4) is 0 Å². The molecule has 2 N–H and O–H groups in total. The minimum Gasteiger partial charge on any atom is -0.356 e. The monoisotopic (exact) mass is 318 g/mol. The van der Waals surface area contributed by atoms with Crippen molar-refractivity contribution >= 4 is 18.3 Å². The van der Waals surface area contributed by atoms with Crippen LogP contribution in [0.15, 0.2) is 18.2 Å². The number of amides is 1. The molecule has 118 valence electrons. The number of piperidine rings is 1. The van der Waals surface area contributed by atoms with Gasteiger partial charge in [-0.1, -0.05) is 0 Å². The van der Waals surface area contributed by atoms with E-state index in [4.69, 9.17) is 0 Å². The Bertz CT molecular complexity index is 465. The molecule has 0 bridgehead atoms. The van der Waals surface area contributed by atoms with Gasteiger partial charge in [-0.3, -0.25) is 4.79 Å². The molecule has 1 unspecified atom stereocenters. The van der Waals surface area contributed by atoms with Crippen LogP contribution in [0.5, 0.6) is 0 Å². The summed E-state index contributed by atoms with van der Waals surface area (Å²) in [5.41, 5.74) is 0.250. The SMILES string of the molecule is Cl.O=C(CCc1cc(F)ccc1F)NCC1CCCNC1. The number of halogens is 3. The molecule has 1 aromatic carbocycles. The number of hydrogen-bond donors (Lipinski definition) is 2. The summed E-state index contributed by atoms with van der Waals surface area (Å²) in [5, 5.41) is 6.15. The summed E-state index contributed by atoms with van der Waals surface area (Å²) in [6.45, 7) is 2.62. The largest absolute Gasteiger partial charge is 0.356 e. The van der Waals surface area contributed by atoms with Gasteiger partial charge in [0.2, 0.25) is 5.91 Å². The van der Waals surface area contributed by atoms with Crippen LogP contribution >= 0.6 is 12.4 Å². The summed E-state index contributed by atoms with van der Waals surface area (Å²) < 4.78 is 26.4. The van der Waals surface area contributed by atoms with E-state index in [9.17, 15) is 13.6 Å². The molecule has 0 aliphatic carbocycles. The third kappa shape index (κ3) is 5.98. The number of carbonyl (C=O) groups is 1. The van der Waals surface area contributed by atoms with Crippen LogP contribution in [-0.4, -0.2) is 25.5 Å². The maximum absolute atomic E-state index is 13.4. The van der Waals surface area contributed by atoms with E-state index in [0.717, 1.165) is 44.1 Å². The summed E-state index contributed by atoms with van der Waals surface area (Å²) in [6, 6.07) is 3.32. The van der Waals surface area contributed by atoms with Gasteiger partial charge in [0.05, 0.1) is 0 Å². The van der Waals surface area contributed by atoms with Gasteiger partial charge in [-0.15, -0.1) is 12.4 Å². The van der Waals surface area contributed by atoms with Crippen molar-refractivity contribution in [2.75, 3.05) is 19.6 Å². The Morgan fingerprint density at radius 2 is 2.19 bits per heavy atom. The van der Waals surface area contributed by atoms with Crippen LogP contribution < -0.4 is 10.6 Å². The van der Waals surface area contributed by atoms with Gasteiger partial charge in [0, 0.05) is 13.0 Å². The van der Waals surface area contributed by atoms with Crippen LogP contribution in [0.2, 0.25) is 0 Å². The summed E-state index contributed by atoms with van der Waals surface area (Å²) in [7, 11) is 0. The van der Waals surface area contributed by atoms with Crippen LogP contribution in [0.25, 0.3) is 0 Å². The van der Waals surface area contributed by atoms with Crippen molar-refractivity contribution in [2.45, 2.75) is 25.7 Å². The Kier molecular flexibility index (Phi) is 7.61. The summed E-state index contributed by atoms with van der Waals surface area (Å²) in [5.74, 6) is -0.580. The molecule has 1 aromatic rings. The van der Waals surface area contributed by atoms with E-state index in [1.807, 2.05) is 0 Å². The molecule has 1 saturated heterocycles. The van der Waals surface area contributed by atoms with E-state index < -0.39 is 11.6 Å². The van der Waals surface area contributed by atoms with Crippen molar-refractivity contribution in [2.24, 2.45) is 5.92 Å². The lowest BCUT2D eigenvalue weighted by atomic mass is 9.99. The van der Waals surface area contributed by atoms with E-state index >= 15 is 0 Å². The van der Waals surface area contributed by atoms with Gasteiger partial charge >= 0.3 is 0 Å². The second kappa shape index (κ2) is 8.95. The Balaban J connectivity index is 0.00000220. The van der Waals surface area contributed by atoms with Crippen LogP contribution in [0.4, 0.5) is 8.78 Å². The first-order valence-electron chi connectivity index (χ1n) is 7.06. The highest BCUT2D eigenvalue weighted by atomic mass is 35.5. The lowest BCUT2D eigenvalue weighted by Gasteiger charge is -2.22. The minimum atomic E-state index is -0.477. The Morgan fingerprint density at radius 3 is 2.90 bits per heavy atom. The standard InChI is InChI=1S/C15H20F2N2O.ClH/c16-13-4-5-14(17)12(8-13)3-6-15(20)19-10-11-2-1-7-18-9-11;/h4-5,8,11,18H,1-3,6-7,9-10H2,(H,19,20);1H. The van der Waals surface area contributed by atoms with E-state index in [1.165, 1.54) is 0 Å². The van der Waals surface area contributed by atoms with Crippen LogP contribution in [0, 0.1) is 17.6 Å². The second-order valence-corrected chi connectivity index (χ2v) is 5.25. The van der Waals surface area contributed by atoms with Gasteiger partial charge in [0.25, 0.3) is 0 Å². The Hall–Kier alpha value is -1.20. The number of benzene rings is 1. The van der Waals surface area contributed by atoms with E-state index in [0.29, 0.717) is 12.5 Å². The van der Waals surface area contributed by atoms with Crippen LogP contribution in [0.1, 0.15) is 24.8 Å². The van der Waals surface area contributed by atoms with Gasteiger partial charge in [-0.2, -0.15) is 0 Å². The average Bonchev–Trinajstić information content (AvgIpc) is 2.47. The lowest BCUT2D eigenvalue weighted by molar-refractivity contribution is -0.121. The Morgan fingerprint density at radius 1 is 1.38 bits per heavy atom. The molecule has 0 aromatic heterocycles. The van der Waals surface area contributed by atoms with Crippen molar-refractivity contribution < 1.29 is 13.6 Å². The summed E-state index contributed by atoms with van der Waals surface area (Å²) in [6.07, 6.45) is 2.65. The second-order valence-electron chi connectivity index (χ2n) is 5.25. The van der Waals surface area contributed by atoms with Crippen molar-refractivity contribution in [3.05, 3.63) is 35.4 Å². The van der Waals surface area contributed by atoms with Gasteiger partial charge in [0.1, 0.15) is 11.6 Å². The molecule has 6 heteroatoms. The highest BCUT2D eigenvalue weighted by Gasteiger charge is 2.14. The molecule has 1 aliphatic rings. The maximum Gasteiger partial charge on any atom is 0.220 e. The van der Waals surface area contributed by atoms with Crippen LogP contribution in [-0.2, 0) is 11.2 Å². The predicted octanol–water partition coefficient (Wildman–Crippen LogP) is 2.43. The molecule has 0 radical (unpaired) electrons. The van der Waals surface area contributed by atoms with Gasteiger partial charge in [0.15, 0.2) is 0 Å². The molecule has 1 atom stereocenters. The molecule has 0 spiro atoms. The zero-order chi connectivity index (χ0) is 14.4. The zero-order valence-corrected chi connectivity index (χ0v) is 12.6. The van der Waals surface area contributed by atoms with Crippen molar-refractivity contribution in [1.29, 1.82) is 0 Å². The molecule has 1 amide bonds. The van der Waals surface area contributed by atoms with Crippen molar-refractivity contribution in [3.8, 4) is 0 Å². The van der Waals surface area contributed by atoms with E-state index in [1.54, 1.807) is 0 Å². The van der Waals surface area contributed by atoms with Gasteiger partial charge < -0.3 is 10.6 Å². The molecule has 1 fully saturated rings. The van der Waals surface area contributed by atoms with E-state index in [-0.39, 0.29) is 36.7 Å². The first kappa shape index (κ1) is 17.9. The number of carbonyl (C=O) groups excluding carboxylic acids is 1. The fourth-order valence-corrected chi connectivity index (χ4v) is 2.43. The third-order valence-electron chi connectivity index (χ3n) is 3.62. The first-order valence-corrected chi connectivity index (χ1v) is 7.06. The maximum atomic E-state index is 13.4. The lowest BCUT2D eigenvalue weighted by Crippen LogP contribution is -2.38. The van der Waals surface area contributed by atoms with Gasteiger partial charge in [-0.05, 0) is 62.0 Å². The molecule has 21 heavy (non-hydrogen) atoms. The zero-order valence-electron chi connectivity index (χ0n) is 11.8. The molecule has 0 saturated carbocycles. The quantitative estimate of drug-likeness (QED) is 0.875. The Labute approximate surface area is 129 Å². The average molecular weight is 319 g/mol. The minimum absolute atomic E-state index is 0. The number of rotatable bonds is 5. The number of nitrogens with one attached hydrogen (secondary N) is 2. The molecule has 1 heterocycles. The fraction of sp³-hybridized carbons (Fsp3) is 0.533. The predicted molar refractivity (Wildman–Crippen MR) is 80.5 cm³/mol. The number of aryl methyl sites for hydroxylation is 1. The van der Waals surface area contributed by atoms with Gasteiger partial charge in [-0.25, -0.2) is 8.78 Å². The highest BCUT2D eigenvalue weighted by molar-refractivity contribution is 5.85. The van der Waals surface area contributed by atoms with Crippen molar-refractivity contribution in [1.82, 2.24) is 10.6 Å². The molecule has 3 nitrogen and oxygen atoms in total. The topological polar surface area (TPSA) is 41.1 Å². The highest BCUT2D eigenvalue weighted by Crippen LogP contribution is 2.12. The summed E-state index contributed by atoms with van der Waals surface area (Å²) >= 11 is 0. The smallest absolute Gasteiger partial charge is 0.220 e. The van der Waals surface area contributed by atoms with E-state index in [2.05, 4.69) is 10.6 Å². The fourth-order valence-electron chi connectivity index (χ4n) is 2.43. The van der Waals surface area contributed by atoms with Crippen molar-refractivity contribution in [3.63, 3.8) is 0 Å². The third-order valence-corrected chi connectivity index (χ3v) is 3.62. The molecule has 1 aliphatic heterocycles. The molecular formula is C15H21ClF2N2O. The summed E-state index contributed by atoms with van der Waals surface area (Å²) in [4.78, 5) is 11.7. The first-order chi connectivity index (χ1) is 9.65. The normalized spacial score (nSPS) is 17.9.